The summed E-state index contributed by atoms with van der Waals surface area (Å²) in [6.45, 7) is 1.15. The van der Waals surface area contributed by atoms with Gasteiger partial charge in [0, 0.05) is 30.8 Å². The van der Waals surface area contributed by atoms with Gasteiger partial charge in [-0.3, -0.25) is 10.00 Å². The molecular weight excluding hydrogens is 557 g/mol. The molecule has 4 aromatic rings. The smallest absolute Gasteiger partial charge is 0.433 e. The normalized spacial score (nSPS) is 16.4. The van der Waals surface area contributed by atoms with E-state index in [-0.39, 0.29) is 45.5 Å². The highest BCUT2D eigenvalue weighted by Crippen LogP contribution is 2.54. The molecule has 12 nitrogen and oxygen atoms in total. The topological polar surface area (TPSA) is 130 Å². The lowest BCUT2D eigenvalue weighted by Gasteiger charge is -2.53. The van der Waals surface area contributed by atoms with Gasteiger partial charge >= 0.3 is 12.3 Å². The second-order valence-corrected chi connectivity index (χ2v) is 10.1. The van der Waals surface area contributed by atoms with Crippen molar-refractivity contribution in [2.24, 2.45) is 12.5 Å². The molecule has 16 heteroatoms. The molecular formula is C24H22ClF3N8O4. The van der Waals surface area contributed by atoms with E-state index < -0.39 is 18.0 Å². The van der Waals surface area contributed by atoms with Crippen molar-refractivity contribution in [3.63, 3.8) is 0 Å². The monoisotopic (exact) mass is 578 g/mol. The second-order valence-electron chi connectivity index (χ2n) is 9.74. The fraction of sp³-hybridized carbons (Fsp3) is 0.375. The highest BCUT2D eigenvalue weighted by Gasteiger charge is 2.52. The number of ether oxygens (including phenoxy) is 3. The van der Waals surface area contributed by atoms with Crippen molar-refractivity contribution >= 4 is 46.4 Å². The van der Waals surface area contributed by atoms with Crippen LogP contribution in [0, 0.1) is 5.41 Å². The maximum Gasteiger partial charge on any atom is 0.433 e. The van der Waals surface area contributed by atoms with Crippen LogP contribution in [0.3, 0.4) is 0 Å². The second kappa shape index (κ2) is 9.52. The van der Waals surface area contributed by atoms with Crippen LogP contribution in [-0.2, 0) is 22.7 Å². The van der Waals surface area contributed by atoms with E-state index in [4.69, 9.17) is 21.1 Å². The highest BCUT2D eigenvalue weighted by atomic mass is 35.5. The lowest BCUT2D eigenvalue weighted by atomic mass is 9.64. The van der Waals surface area contributed by atoms with Crippen LogP contribution < -0.4 is 15.4 Å². The number of anilines is 3. The molecule has 1 spiro atoms. The molecule has 0 atom stereocenters. The van der Waals surface area contributed by atoms with E-state index in [2.05, 4.69) is 35.4 Å². The average Bonchev–Trinajstić information content (AvgIpc) is 3.41. The molecule has 1 aliphatic heterocycles. The van der Waals surface area contributed by atoms with Gasteiger partial charge in [0.2, 0.25) is 5.95 Å². The number of pyridine rings is 2. The van der Waals surface area contributed by atoms with Crippen molar-refractivity contribution in [3.8, 4) is 11.5 Å². The molecule has 40 heavy (non-hydrogen) atoms. The zero-order chi connectivity index (χ0) is 28.2. The Morgan fingerprint density at radius 1 is 1.23 bits per heavy atom. The van der Waals surface area contributed by atoms with Gasteiger partial charge in [-0.15, -0.1) is 0 Å². The number of nitrogens with one attached hydrogen (secondary N) is 2. The molecule has 2 aliphatic rings. The first-order chi connectivity index (χ1) is 19.0. The molecule has 0 radical (unpaired) electrons. The Morgan fingerprint density at radius 3 is 2.67 bits per heavy atom. The zero-order valence-corrected chi connectivity index (χ0v) is 21.9. The molecule has 210 valence electrons. The van der Waals surface area contributed by atoms with Gasteiger partial charge in [0.1, 0.15) is 27.8 Å². The van der Waals surface area contributed by atoms with Crippen LogP contribution in [0.5, 0.6) is 11.5 Å². The van der Waals surface area contributed by atoms with E-state index in [0.29, 0.717) is 37.3 Å². The third-order valence-electron chi connectivity index (χ3n) is 6.95. The first kappa shape index (κ1) is 26.1. The molecule has 0 unspecified atom stereocenters. The van der Waals surface area contributed by atoms with Gasteiger partial charge in [-0.25, -0.2) is 14.8 Å². The lowest BCUT2D eigenvalue weighted by Crippen LogP contribution is -2.53. The number of hydrogen-bond acceptors (Lipinski definition) is 9. The fourth-order valence-corrected chi connectivity index (χ4v) is 5.22. The minimum absolute atomic E-state index is 0.00782. The first-order valence-electron chi connectivity index (χ1n) is 12.1. The van der Waals surface area contributed by atoms with Crippen LogP contribution in [0.25, 0.3) is 11.2 Å². The van der Waals surface area contributed by atoms with Crippen molar-refractivity contribution in [1.82, 2.24) is 29.3 Å². The molecule has 0 aromatic carbocycles. The number of hydrogen-bond donors (Lipinski definition) is 2. The number of carbonyl (C=O) groups is 1. The standard InChI is InChI=1S/C24H22ClF3N8O4/c1-35-19-18(25)14(40-13-3-4-29-16(5-13)32-22(37)38-2)9-30-20(19)33-21(35)31-17-6-15(24(26,27)28)36(34-17)12-7-23(8-12)10-39-11-23/h3-6,9,12H,7-8,10-11H2,1-2H3,(H,29,32,37)(H,30,31,33,34). The Balaban J connectivity index is 1.26. The van der Waals surface area contributed by atoms with Gasteiger partial charge in [-0.05, 0) is 18.9 Å². The quantitative estimate of drug-likeness (QED) is 0.313. The summed E-state index contributed by atoms with van der Waals surface area (Å²) in [5.41, 5.74) is -0.238. The summed E-state index contributed by atoms with van der Waals surface area (Å²) in [6.07, 6.45) is -1.31. The Labute approximate surface area is 229 Å². The van der Waals surface area contributed by atoms with Crippen LogP contribution in [0.1, 0.15) is 24.6 Å². The van der Waals surface area contributed by atoms with Crippen molar-refractivity contribution in [3.05, 3.63) is 41.3 Å². The number of nitrogens with zero attached hydrogens (tertiary/aromatic N) is 6. The summed E-state index contributed by atoms with van der Waals surface area (Å²) < 4.78 is 59.7. The Bertz CT molecular complexity index is 1610. The average molecular weight is 579 g/mol. The number of amides is 1. The van der Waals surface area contributed by atoms with Gasteiger partial charge in [0.05, 0.1) is 32.6 Å². The van der Waals surface area contributed by atoms with E-state index in [9.17, 15) is 18.0 Å². The molecule has 1 saturated heterocycles. The predicted octanol–water partition coefficient (Wildman–Crippen LogP) is 5.30. The van der Waals surface area contributed by atoms with E-state index in [0.717, 1.165) is 10.7 Å². The minimum Gasteiger partial charge on any atom is -0.454 e. The van der Waals surface area contributed by atoms with E-state index >= 15 is 0 Å². The van der Waals surface area contributed by atoms with Crippen LogP contribution in [0.15, 0.2) is 30.6 Å². The maximum atomic E-state index is 13.8. The SMILES string of the molecule is COC(=O)Nc1cc(Oc2cnc3nc(Nc4cc(C(F)(F)F)n(C5CC6(COC6)C5)n4)n(C)c3c2Cl)ccn1. The molecule has 1 amide bonds. The number of aryl methyl sites for hydroxylation is 1. The van der Waals surface area contributed by atoms with Crippen LogP contribution >= 0.6 is 11.6 Å². The van der Waals surface area contributed by atoms with Crippen LogP contribution in [0.2, 0.25) is 5.02 Å². The first-order valence-corrected chi connectivity index (χ1v) is 12.4. The number of alkyl halides is 3. The van der Waals surface area contributed by atoms with Crippen LogP contribution in [0.4, 0.5) is 35.5 Å². The molecule has 0 bridgehead atoms. The highest BCUT2D eigenvalue weighted by molar-refractivity contribution is 6.36. The molecule has 2 N–H and O–H groups in total. The van der Waals surface area contributed by atoms with Crippen molar-refractivity contribution in [2.45, 2.75) is 25.1 Å². The van der Waals surface area contributed by atoms with E-state index in [1.165, 1.54) is 25.6 Å². The Morgan fingerprint density at radius 2 is 2.00 bits per heavy atom. The summed E-state index contributed by atoms with van der Waals surface area (Å²) in [7, 11) is 2.86. The van der Waals surface area contributed by atoms with Crippen molar-refractivity contribution in [2.75, 3.05) is 31.0 Å². The number of fused-ring (bicyclic) bond motifs is 1. The van der Waals surface area contributed by atoms with Gasteiger partial charge in [0.25, 0.3) is 0 Å². The summed E-state index contributed by atoms with van der Waals surface area (Å²) in [6, 6.07) is 3.62. The van der Waals surface area contributed by atoms with Gasteiger partial charge in [-0.1, -0.05) is 11.6 Å². The zero-order valence-electron chi connectivity index (χ0n) is 21.1. The third kappa shape index (κ3) is 4.64. The summed E-state index contributed by atoms with van der Waals surface area (Å²) in [5.74, 6) is 0.859. The van der Waals surface area contributed by atoms with Crippen molar-refractivity contribution < 1.29 is 32.2 Å². The van der Waals surface area contributed by atoms with Crippen LogP contribution in [-0.4, -0.2) is 55.7 Å². The maximum absolute atomic E-state index is 13.8. The predicted molar refractivity (Wildman–Crippen MR) is 136 cm³/mol. The molecule has 6 rings (SSSR count). The van der Waals surface area contributed by atoms with Gasteiger partial charge < -0.3 is 24.1 Å². The number of imidazole rings is 1. The Hall–Kier alpha value is -4.11. The number of methoxy groups -OCH3 is 1. The number of carbonyl (C=O) groups excluding carboxylic acids is 1. The van der Waals surface area contributed by atoms with E-state index in [1.807, 2.05) is 0 Å². The molecule has 1 saturated carbocycles. The number of halogens is 4. The molecule has 1 aliphatic carbocycles. The molecule has 5 heterocycles. The molecule has 4 aromatic heterocycles. The summed E-state index contributed by atoms with van der Waals surface area (Å²) >= 11 is 6.63. The van der Waals surface area contributed by atoms with E-state index in [1.54, 1.807) is 17.7 Å². The number of rotatable bonds is 6. The molecule has 2 fully saturated rings. The third-order valence-corrected chi connectivity index (χ3v) is 7.31. The summed E-state index contributed by atoms with van der Waals surface area (Å²) in [5, 5.41) is 9.69. The number of aromatic nitrogens is 6. The van der Waals surface area contributed by atoms with Crippen molar-refractivity contribution in [1.29, 1.82) is 0 Å². The Kier molecular flexibility index (Phi) is 6.22. The van der Waals surface area contributed by atoms with Gasteiger partial charge in [0.15, 0.2) is 17.2 Å². The fourth-order valence-electron chi connectivity index (χ4n) is 4.92. The minimum atomic E-state index is -4.57. The largest absolute Gasteiger partial charge is 0.454 e. The lowest BCUT2D eigenvalue weighted by molar-refractivity contribution is -0.182. The summed E-state index contributed by atoms with van der Waals surface area (Å²) in [4.78, 5) is 24.1. The van der Waals surface area contributed by atoms with Gasteiger partial charge in [-0.2, -0.15) is 23.3 Å².